The lowest BCUT2D eigenvalue weighted by molar-refractivity contribution is 0.414. The van der Waals surface area contributed by atoms with E-state index in [0.717, 1.165) is 16.7 Å². The molecule has 0 saturated heterocycles. The monoisotopic (exact) mass is 426 g/mol. The van der Waals surface area contributed by atoms with Crippen LogP contribution < -0.4 is 10.4 Å². The van der Waals surface area contributed by atoms with Crippen LogP contribution in [0, 0.1) is 0 Å². The first-order chi connectivity index (χ1) is 14.7. The largest absolute Gasteiger partial charge is 0.497 e. The SMILES string of the molecule is CCCCCCCCCCCCc1ccc(-c2cc3ccc(OC)cc3oc2=O)s1. The summed E-state index contributed by atoms with van der Waals surface area (Å²) in [5, 5.41) is 0.912. The van der Waals surface area contributed by atoms with Crippen LogP contribution in [0.2, 0.25) is 0 Å². The Morgan fingerprint density at radius 2 is 1.57 bits per heavy atom. The third kappa shape index (κ3) is 6.46. The van der Waals surface area contributed by atoms with E-state index in [1.165, 1.54) is 69.1 Å². The molecule has 0 unspecified atom stereocenters. The summed E-state index contributed by atoms with van der Waals surface area (Å²) in [7, 11) is 1.61. The van der Waals surface area contributed by atoms with Gasteiger partial charge in [-0.1, -0.05) is 64.7 Å². The maximum Gasteiger partial charge on any atom is 0.345 e. The predicted molar refractivity (Wildman–Crippen MR) is 128 cm³/mol. The van der Waals surface area contributed by atoms with Crippen LogP contribution in [0.4, 0.5) is 0 Å². The maximum absolute atomic E-state index is 12.5. The van der Waals surface area contributed by atoms with Gasteiger partial charge in [0.1, 0.15) is 11.3 Å². The highest BCUT2D eigenvalue weighted by Gasteiger charge is 2.11. The lowest BCUT2D eigenvalue weighted by atomic mass is 10.1. The maximum atomic E-state index is 12.5. The molecule has 2 heterocycles. The summed E-state index contributed by atoms with van der Waals surface area (Å²) in [4.78, 5) is 14.8. The summed E-state index contributed by atoms with van der Waals surface area (Å²) in [6.07, 6.45) is 14.6. The summed E-state index contributed by atoms with van der Waals surface area (Å²) < 4.78 is 10.7. The van der Waals surface area contributed by atoms with Crippen LogP contribution in [0.15, 0.2) is 45.6 Å². The van der Waals surface area contributed by atoms with Gasteiger partial charge in [-0.3, -0.25) is 0 Å². The van der Waals surface area contributed by atoms with Crippen molar-refractivity contribution in [3.8, 4) is 16.2 Å². The Bertz CT molecular complexity index is 970. The Labute approximate surface area is 184 Å². The lowest BCUT2D eigenvalue weighted by Gasteiger charge is -2.03. The van der Waals surface area contributed by atoms with E-state index >= 15 is 0 Å². The fourth-order valence-electron chi connectivity index (χ4n) is 3.83. The Balaban J connectivity index is 1.47. The molecule has 0 spiro atoms. The van der Waals surface area contributed by atoms with Gasteiger partial charge < -0.3 is 9.15 Å². The fraction of sp³-hybridized carbons (Fsp3) is 0.500. The summed E-state index contributed by atoms with van der Waals surface area (Å²) in [5.41, 5.74) is 0.917. The van der Waals surface area contributed by atoms with Crippen molar-refractivity contribution < 1.29 is 9.15 Å². The molecule has 0 N–H and O–H groups in total. The molecule has 0 fully saturated rings. The summed E-state index contributed by atoms with van der Waals surface area (Å²) >= 11 is 1.71. The van der Waals surface area contributed by atoms with Gasteiger partial charge in [0.25, 0.3) is 0 Å². The first kappa shape index (κ1) is 22.6. The fourth-order valence-corrected chi connectivity index (χ4v) is 4.89. The van der Waals surface area contributed by atoms with E-state index in [1.807, 2.05) is 18.2 Å². The van der Waals surface area contributed by atoms with E-state index in [0.29, 0.717) is 16.9 Å². The highest BCUT2D eigenvalue weighted by molar-refractivity contribution is 7.15. The summed E-state index contributed by atoms with van der Waals surface area (Å²) in [5.74, 6) is 0.688. The van der Waals surface area contributed by atoms with Crippen molar-refractivity contribution in [1.29, 1.82) is 0 Å². The zero-order valence-electron chi connectivity index (χ0n) is 18.4. The molecule has 3 nitrogen and oxygen atoms in total. The van der Waals surface area contributed by atoms with Crippen LogP contribution >= 0.6 is 11.3 Å². The van der Waals surface area contributed by atoms with Crippen LogP contribution in [-0.4, -0.2) is 7.11 Å². The molecular formula is C26H34O3S. The average Bonchev–Trinajstić information content (AvgIpc) is 3.22. The second-order valence-corrected chi connectivity index (χ2v) is 9.22. The molecule has 4 heteroatoms. The highest BCUT2D eigenvalue weighted by atomic mass is 32.1. The molecule has 0 radical (unpaired) electrons. The summed E-state index contributed by atoms with van der Waals surface area (Å²) in [6.45, 7) is 2.27. The zero-order chi connectivity index (χ0) is 21.2. The predicted octanol–water partition coefficient (Wildman–Crippen LogP) is 7.99. The second kappa shape index (κ2) is 11.9. The third-order valence-corrected chi connectivity index (χ3v) is 6.83. The minimum atomic E-state index is -0.289. The van der Waals surface area contributed by atoms with Gasteiger partial charge in [0.15, 0.2) is 0 Å². The first-order valence-corrected chi connectivity index (χ1v) is 12.2. The molecule has 0 aliphatic carbocycles. The van der Waals surface area contributed by atoms with Crippen molar-refractivity contribution in [3.05, 3.63) is 51.7 Å². The van der Waals surface area contributed by atoms with Gasteiger partial charge in [0, 0.05) is 21.2 Å². The van der Waals surface area contributed by atoms with E-state index in [9.17, 15) is 4.79 Å². The minimum absolute atomic E-state index is 0.289. The summed E-state index contributed by atoms with van der Waals surface area (Å²) in [6, 6.07) is 11.7. The smallest absolute Gasteiger partial charge is 0.345 e. The second-order valence-electron chi connectivity index (χ2n) is 8.05. The molecule has 0 bridgehead atoms. The van der Waals surface area contributed by atoms with Crippen molar-refractivity contribution in [1.82, 2.24) is 0 Å². The highest BCUT2D eigenvalue weighted by Crippen LogP contribution is 2.30. The van der Waals surface area contributed by atoms with E-state index in [1.54, 1.807) is 24.5 Å². The van der Waals surface area contributed by atoms with Gasteiger partial charge in [0.2, 0.25) is 0 Å². The van der Waals surface area contributed by atoms with Crippen molar-refractivity contribution >= 4 is 22.3 Å². The molecule has 0 aliphatic rings. The van der Waals surface area contributed by atoms with Gasteiger partial charge in [-0.2, -0.15) is 0 Å². The van der Waals surface area contributed by atoms with E-state index in [2.05, 4.69) is 19.1 Å². The van der Waals surface area contributed by atoms with Crippen molar-refractivity contribution in [3.63, 3.8) is 0 Å². The number of thiophene rings is 1. The molecule has 0 atom stereocenters. The minimum Gasteiger partial charge on any atom is -0.497 e. The number of aryl methyl sites for hydroxylation is 1. The molecule has 2 aromatic heterocycles. The number of unbranched alkanes of at least 4 members (excludes halogenated alkanes) is 9. The number of hydrogen-bond donors (Lipinski definition) is 0. The molecule has 3 aromatic rings. The number of methoxy groups -OCH3 is 1. The van der Waals surface area contributed by atoms with Gasteiger partial charge in [-0.05, 0) is 43.2 Å². The molecule has 3 rings (SSSR count). The normalized spacial score (nSPS) is 11.3. The van der Waals surface area contributed by atoms with Crippen molar-refractivity contribution in [2.24, 2.45) is 0 Å². The standard InChI is InChI=1S/C26H34O3S/c1-3-4-5-6-7-8-9-10-11-12-13-22-16-17-25(30-22)23-18-20-14-15-21(28-2)19-24(20)29-26(23)27/h14-19H,3-13H2,1-2H3. The molecule has 0 amide bonds. The number of ether oxygens (including phenoxy) is 1. The van der Waals surface area contributed by atoms with Crippen LogP contribution in [0.1, 0.15) is 76.0 Å². The molecule has 0 saturated carbocycles. The number of fused-ring (bicyclic) bond motifs is 1. The van der Waals surface area contributed by atoms with Gasteiger partial charge in [-0.25, -0.2) is 4.79 Å². The Hall–Kier alpha value is -2.07. The third-order valence-electron chi connectivity index (χ3n) is 5.65. The van der Waals surface area contributed by atoms with Crippen molar-refractivity contribution in [2.45, 2.75) is 77.6 Å². The first-order valence-electron chi connectivity index (χ1n) is 11.4. The number of hydrogen-bond acceptors (Lipinski definition) is 4. The van der Waals surface area contributed by atoms with E-state index in [-0.39, 0.29) is 5.63 Å². The Morgan fingerprint density at radius 1 is 0.867 bits per heavy atom. The van der Waals surface area contributed by atoms with Crippen LogP contribution in [0.25, 0.3) is 21.4 Å². The number of benzene rings is 1. The molecule has 0 aliphatic heterocycles. The topological polar surface area (TPSA) is 39.4 Å². The molecule has 30 heavy (non-hydrogen) atoms. The lowest BCUT2D eigenvalue weighted by Crippen LogP contribution is -2.01. The number of rotatable bonds is 13. The molecule has 1 aromatic carbocycles. The van der Waals surface area contributed by atoms with Gasteiger partial charge >= 0.3 is 5.63 Å². The Kier molecular flexibility index (Phi) is 9.00. The molecular weight excluding hydrogens is 392 g/mol. The molecule has 162 valence electrons. The zero-order valence-corrected chi connectivity index (χ0v) is 19.2. The Morgan fingerprint density at radius 3 is 2.27 bits per heavy atom. The van der Waals surface area contributed by atoms with Crippen molar-refractivity contribution in [2.75, 3.05) is 7.11 Å². The van der Waals surface area contributed by atoms with Crippen LogP contribution in [-0.2, 0) is 6.42 Å². The quantitative estimate of drug-likeness (QED) is 0.205. The van der Waals surface area contributed by atoms with E-state index < -0.39 is 0 Å². The average molecular weight is 427 g/mol. The van der Waals surface area contributed by atoms with Crippen LogP contribution in [0.5, 0.6) is 5.75 Å². The van der Waals surface area contributed by atoms with Crippen LogP contribution in [0.3, 0.4) is 0 Å². The van der Waals surface area contributed by atoms with E-state index in [4.69, 9.17) is 9.15 Å². The van der Waals surface area contributed by atoms with Gasteiger partial charge in [-0.15, -0.1) is 11.3 Å². The van der Waals surface area contributed by atoms with Gasteiger partial charge in [0.05, 0.1) is 12.7 Å².